The molecule has 0 bridgehead atoms. The van der Waals surface area contributed by atoms with Crippen LogP contribution in [-0.2, 0) is 4.74 Å². The van der Waals surface area contributed by atoms with E-state index in [1.165, 1.54) is 7.11 Å². The van der Waals surface area contributed by atoms with Crippen molar-refractivity contribution in [1.82, 2.24) is 5.32 Å². The van der Waals surface area contributed by atoms with Crippen molar-refractivity contribution in [1.29, 1.82) is 0 Å². The summed E-state index contributed by atoms with van der Waals surface area (Å²) in [5, 5.41) is 2.53. The number of halogens is 2. The molecule has 1 N–H and O–H groups in total. The number of amides is 1. The lowest BCUT2D eigenvalue weighted by molar-refractivity contribution is 0.0921. The van der Waals surface area contributed by atoms with Crippen molar-refractivity contribution >= 4 is 5.91 Å². The Labute approximate surface area is 103 Å². The van der Waals surface area contributed by atoms with Crippen LogP contribution in [0.15, 0.2) is 12.1 Å². The summed E-state index contributed by atoms with van der Waals surface area (Å²) in [5.74, 6) is -2.62. The summed E-state index contributed by atoms with van der Waals surface area (Å²) < 4.78 is 37.0. The second kappa shape index (κ2) is 5.30. The Bertz CT molecular complexity index is 436. The highest BCUT2D eigenvalue weighted by atomic mass is 19.1. The Morgan fingerprint density at radius 3 is 2.61 bits per heavy atom. The number of methoxy groups -OCH3 is 1. The molecule has 1 fully saturated rings. The first kappa shape index (κ1) is 12.8. The Morgan fingerprint density at radius 1 is 1.44 bits per heavy atom. The second-order valence-electron chi connectivity index (χ2n) is 4.00. The quantitative estimate of drug-likeness (QED) is 0.892. The number of rotatable bonds is 3. The van der Waals surface area contributed by atoms with Gasteiger partial charge in [-0.1, -0.05) is 0 Å². The molecule has 2 rings (SSSR count). The van der Waals surface area contributed by atoms with Gasteiger partial charge in [0.15, 0.2) is 0 Å². The summed E-state index contributed by atoms with van der Waals surface area (Å²) in [7, 11) is 1.30. The van der Waals surface area contributed by atoms with E-state index in [0.717, 1.165) is 12.1 Å². The Morgan fingerprint density at radius 2 is 2.11 bits per heavy atom. The van der Waals surface area contributed by atoms with Crippen LogP contribution in [-0.4, -0.2) is 32.3 Å². The molecule has 0 aliphatic carbocycles. The molecule has 0 radical (unpaired) electrons. The average Bonchev–Trinajstić information content (AvgIpc) is 2.80. The Hall–Kier alpha value is -1.69. The van der Waals surface area contributed by atoms with E-state index in [1.54, 1.807) is 0 Å². The van der Waals surface area contributed by atoms with Gasteiger partial charge in [-0.2, -0.15) is 0 Å². The van der Waals surface area contributed by atoms with E-state index in [1.807, 2.05) is 0 Å². The monoisotopic (exact) mass is 257 g/mol. The van der Waals surface area contributed by atoms with Gasteiger partial charge < -0.3 is 14.8 Å². The molecule has 0 unspecified atom stereocenters. The van der Waals surface area contributed by atoms with Gasteiger partial charge in [0.1, 0.15) is 22.9 Å². The second-order valence-corrected chi connectivity index (χ2v) is 4.00. The molecule has 1 aliphatic rings. The molecule has 1 saturated heterocycles. The standard InChI is InChI=1S/C12H13F2NO3/c1-17-8-4-9(13)11(10(14)5-8)12(16)15-7-2-3-18-6-7/h4-5,7H,2-3,6H2,1H3,(H,15,16)/t7-/m1/s1. The number of carbonyl (C=O) groups excluding carboxylic acids is 1. The molecule has 0 saturated carbocycles. The van der Waals surface area contributed by atoms with E-state index >= 15 is 0 Å². The van der Waals surface area contributed by atoms with Crippen molar-refractivity contribution in [2.45, 2.75) is 12.5 Å². The average molecular weight is 257 g/mol. The first-order valence-electron chi connectivity index (χ1n) is 5.53. The van der Waals surface area contributed by atoms with Crippen LogP contribution in [0, 0.1) is 11.6 Å². The zero-order chi connectivity index (χ0) is 13.1. The lowest BCUT2D eigenvalue weighted by Gasteiger charge is -2.12. The van der Waals surface area contributed by atoms with E-state index in [4.69, 9.17) is 9.47 Å². The predicted octanol–water partition coefficient (Wildman–Crippen LogP) is 1.49. The van der Waals surface area contributed by atoms with Gasteiger partial charge in [0.25, 0.3) is 5.91 Å². The molecule has 98 valence electrons. The maximum atomic E-state index is 13.6. The van der Waals surface area contributed by atoms with Crippen LogP contribution in [0.1, 0.15) is 16.8 Å². The number of carbonyl (C=O) groups is 1. The molecule has 1 aliphatic heterocycles. The van der Waals surface area contributed by atoms with Gasteiger partial charge in [-0.3, -0.25) is 4.79 Å². The van der Waals surface area contributed by atoms with Crippen LogP contribution < -0.4 is 10.1 Å². The Kier molecular flexibility index (Phi) is 3.76. The minimum absolute atomic E-state index is 0.0331. The fourth-order valence-electron chi connectivity index (χ4n) is 1.79. The van der Waals surface area contributed by atoms with Crippen LogP contribution in [0.4, 0.5) is 8.78 Å². The highest BCUT2D eigenvalue weighted by Gasteiger charge is 2.23. The minimum Gasteiger partial charge on any atom is -0.497 e. The topological polar surface area (TPSA) is 47.6 Å². The maximum Gasteiger partial charge on any atom is 0.257 e. The normalized spacial score (nSPS) is 18.7. The summed E-state index contributed by atoms with van der Waals surface area (Å²) in [6.07, 6.45) is 0.644. The molecule has 0 spiro atoms. The number of ether oxygens (including phenoxy) is 2. The molecule has 1 amide bonds. The van der Waals surface area contributed by atoms with Gasteiger partial charge >= 0.3 is 0 Å². The van der Waals surface area contributed by atoms with Gasteiger partial charge in [0.2, 0.25) is 0 Å². The van der Waals surface area contributed by atoms with E-state index in [-0.39, 0.29) is 11.8 Å². The summed E-state index contributed by atoms with van der Waals surface area (Å²) in [6, 6.07) is 1.75. The zero-order valence-corrected chi connectivity index (χ0v) is 9.83. The van der Waals surface area contributed by atoms with Crippen molar-refractivity contribution in [2.24, 2.45) is 0 Å². The maximum absolute atomic E-state index is 13.6. The van der Waals surface area contributed by atoms with Crippen LogP contribution in [0.25, 0.3) is 0 Å². The predicted molar refractivity (Wildman–Crippen MR) is 59.6 cm³/mol. The molecule has 6 heteroatoms. The largest absolute Gasteiger partial charge is 0.497 e. The fourth-order valence-corrected chi connectivity index (χ4v) is 1.79. The van der Waals surface area contributed by atoms with E-state index in [2.05, 4.69) is 5.32 Å². The molecule has 18 heavy (non-hydrogen) atoms. The van der Waals surface area contributed by atoms with Gasteiger partial charge in [-0.15, -0.1) is 0 Å². The number of hydrogen-bond acceptors (Lipinski definition) is 3. The summed E-state index contributed by atoms with van der Waals surface area (Å²) >= 11 is 0. The molecular weight excluding hydrogens is 244 g/mol. The van der Waals surface area contributed by atoms with Crippen LogP contribution in [0.2, 0.25) is 0 Å². The van der Waals surface area contributed by atoms with Gasteiger partial charge in [-0.05, 0) is 6.42 Å². The van der Waals surface area contributed by atoms with Gasteiger partial charge in [-0.25, -0.2) is 8.78 Å². The lowest BCUT2D eigenvalue weighted by atomic mass is 10.1. The molecule has 1 heterocycles. The minimum atomic E-state index is -0.941. The molecule has 1 aromatic rings. The van der Waals surface area contributed by atoms with Crippen molar-refractivity contribution in [3.63, 3.8) is 0 Å². The third-order valence-corrected chi connectivity index (χ3v) is 2.74. The fraction of sp³-hybridized carbons (Fsp3) is 0.417. The van der Waals surface area contributed by atoms with E-state index < -0.39 is 23.1 Å². The van der Waals surface area contributed by atoms with Crippen molar-refractivity contribution < 1.29 is 23.0 Å². The highest BCUT2D eigenvalue weighted by Crippen LogP contribution is 2.20. The van der Waals surface area contributed by atoms with E-state index in [0.29, 0.717) is 19.6 Å². The van der Waals surface area contributed by atoms with Gasteiger partial charge in [0.05, 0.1) is 19.8 Å². The number of nitrogens with one attached hydrogen (secondary N) is 1. The third kappa shape index (κ3) is 2.59. The van der Waals surface area contributed by atoms with Crippen molar-refractivity contribution in [3.05, 3.63) is 29.3 Å². The molecule has 1 atom stereocenters. The van der Waals surface area contributed by atoms with Crippen molar-refractivity contribution in [3.8, 4) is 5.75 Å². The molecule has 0 aromatic heterocycles. The molecular formula is C12H13F2NO3. The first-order valence-corrected chi connectivity index (χ1v) is 5.53. The first-order chi connectivity index (χ1) is 8.61. The summed E-state index contributed by atoms with van der Waals surface area (Å²) in [6.45, 7) is 0.906. The van der Waals surface area contributed by atoms with Crippen LogP contribution in [0.5, 0.6) is 5.75 Å². The highest BCUT2D eigenvalue weighted by molar-refractivity contribution is 5.95. The van der Waals surface area contributed by atoms with Crippen LogP contribution >= 0.6 is 0 Å². The molecule has 4 nitrogen and oxygen atoms in total. The van der Waals surface area contributed by atoms with Crippen molar-refractivity contribution in [2.75, 3.05) is 20.3 Å². The SMILES string of the molecule is COc1cc(F)c(C(=O)N[C@@H]2CCOC2)c(F)c1. The number of benzene rings is 1. The smallest absolute Gasteiger partial charge is 0.257 e. The van der Waals surface area contributed by atoms with Crippen LogP contribution in [0.3, 0.4) is 0 Å². The summed E-state index contributed by atoms with van der Waals surface area (Å²) in [5.41, 5.74) is -0.595. The van der Waals surface area contributed by atoms with E-state index in [9.17, 15) is 13.6 Å². The molecule has 1 aromatic carbocycles. The van der Waals surface area contributed by atoms with Gasteiger partial charge in [0, 0.05) is 18.7 Å². The summed E-state index contributed by atoms with van der Waals surface area (Å²) in [4.78, 5) is 11.8. The number of hydrogen-bond donors (Lipinski definition) is 1. The lowest BCUT2D eigenvalue weighted by Crippen LogP contribution is -2.36. The zero-order valence-electron chi connectivity index (χ0n) is 9.83. The third-order valence-electron chi connectivity index (χ3n) is 2.74. The Balaban J connectivity index is 2.18.